The van der Waals surface area contributed by atoms with E-state index in [9.17, 15) is 4.79 Å². The summed E-state index contributed by atoms with van der Waals surface area (Å²) in [6.45, 7) is 1.73. The minimum Gasteiger partial charge on any atom is -0.395 e. The van der Waals surface area contributed by atoms with Crippen LogP contribution in [0.15, 0.2) is 0 Å². The summed E-state index contributed by atoms with van der Waals surface area (Å²) in [7, 11) is 0. The zero-order valence-electron chi connectivity index (χ0n) is 9.64. The Morgan fingerprint density at radius 1 is 1.44 bits per heavy atom. The number of hydrogen-bond acceptors (Lipinski definition) is 4. The molecule has 0 radical (unpaired) electrons. The monoisotopic (exact) mass is 230 g/mol. The predicted octanol–water partition coefficient (Wildman–Crippen LogP) is -0.683. The molecule has 1 saturated heterocycles. The summed E-state index contributed by atoms with van der Waals surface area (Å²) in [5, 5.41) is 18.2. The maximum Gasteiger partial charge on any atom is 0.217 e. The highest BCUT2D eigenvalue weighted by atomic mass is 16.3. The van der Waals surface area contributed by atoms with Crippen LogP contribution in [0.2, 0.25) is 0 Å². The number of likely N-dealkylation sites (tertiary alicyclic amines) is 1. The molecule has 0 spiro atoms. The molecule has 0 unspecified atom stereocenters. The van der Waals surface area contributed by atoms with Gasteiger partial charge < -0.3 is 15.9 Å². The first-order valence-corrected chi connectivity index (χ1v) is 5.91. The van der Waals surface area contributed by atoms with Gasteiger partial charge in [-0.05, 0) is 31.7 Å². The molecule has 4 N–H and O–H groups in total. The Labute approximate surface area is 96.2 Å². The number of piperidine rings is 1. The van der Waals surface area contributed by atoms with Crippen LogP contribution in [0.4, 0.5) is 0 Å². The molecule has 1 fully saturated rings. The van der Waals surface area contributed by atoms with Gasteiger partial charge in [-0.1, -0.05) is 0 Å². The number of carbonyl (C=O) groups excluding carboxylic acids is 1. The number of carbonyl (C=O) groups is 1. The summed E-state index contributed by atoms with van der Waals surface area (Å²) in [5.41, 5.74) is 5.12. The van der Waals surface area contributed by atoms with E-state index in [1.807, 2.05) is 0 Å². The van der Waals surface area contributed by atoms with E-state index in [1.165, 1.54) is 0 Å². The molecule has 1 atom stereocenters. The van der Waals surface area contributed by atoms with Crippen molar-refractivity contribution in [3.8, 4) is 0 Å². The standard InChI is InChI=1S/C11H22N2O3/c12-11(16)4-3-9-2-1-5-13(6-9)10(7-14)8-15/h9-10,14-15H,1-8H2,(H2,12,16)/t9-/m0/s1. The second-order valence-corrected chi connectivity index (χ2v) is 4.53. The summed E-state index contributed by atoms with van der Waals surface area (Å²) in [5.74, 6) is 0.208. The maximum atomic E-state index is 10.7. The number of primary amides is 1. The fourth-order valence-corrected chi connectivity index (χ4v) is 2.30. The van der Waals surface area contributed by atoms with Crippen LogP contribution in [0.5, 0.6) is 0 Å². The lowest BCUT2D eigenvalue weighted by Crippen LogP contribution is -2.46. The molecule has 0 aromatic carbocycles. The van der Waals surface area contributed by atoms with Crippen molar-refractivity contribution in [2.75, 3.05) is 26.3 Å². The highest BCUT2D eigenvalue weighted by Gasteiger charge is 2.25. The predicted molar refractivity (Wildman–Crippen MR) is 60.7 cm³/mol. The molecule has 1 rings (SSSR count). The minimum absolute atomic E-state index is 0.0148. The van der Waals surface area contributed by atoms with Crippen LogP contribution in [0, 0.1) is 5.92 Å². The molecule has 0 saturated carbocycles. The molecule has 5 nitrogen and oxygen atoms in total. The number of rotatable bonds is 6. The van der Waals surface area contributed by atoms with Gasteiger partial charge in [0.25, 0.3) is 0 Å². The van der Waals surface area contributed by atoms with Gasteiger partial charge in [0.2, 0.25) is 5.91 Å². The van der Waals surface area contributed by atoms with Crippen LogP contribution >= 0.6 is 0 Å². The van der Waals surface area contributed by atoms with Crippen molar-refractivity contribution in [3.05, 3.63) is 0 Å². The van der Waals surface area contributed by atoms with Gasteiger partial charge in [-0.3, -0.25) is 9.69 Å². The van der Waals surface area contributed by atoms with Crippen molar-refractivity contribution in [3.63, 3.8) is 0 Å². The SMILES string of the molecule is NC(=O)CC[C@@H]1CCCN(C(CO)CO)C1. The molecule has 1 aliphatic heterocycles. The van der Waals surface area contributed by atoms with Crippen LogP contribution in [0.25, 0.3) is 0 Å². The van der Waals surface area contributed by atoms with Crippen molar-refractivity contribution in [2.24, 2.45) is 11.7 Å². The summed E-state index contributed by atoms with van der Waals surface area (Å²) >= 11 is 0. The molecule has 0 aromatic heterocycles. The van der Waals surface area contributed by atoms with E-state index in [4.69, 9.17) is 15.9 Å². The molecule has 0 aromatic rings. The van der Waals surface area contributed by atoms with Gasteiger partial charge in [-0.15, -0.1) is 0 Å². The van der Waals surface area contributed by atoms with Crippen molar-refractivity contribution < 1.29 is 15.0 Å². The third-order valence-corrected chi connectivity index (χ3v) is 3.29. The van der Waals surface area contributed by atoms with Gasteiger partial charge in [0, 0.05) is 13.0 Å². The number of hydrogen-bond donors (Lipinski definition) is 3. The first kappa shape index (κ1) is 13.4. The third-order valence-electron chi connectivity index (χ3n) is 3.29. The second-order valence-electron chi connectivity index (χ2n) is 4.53. The Kier molecular flexibility index (Phi) is 5.73. The lowest BCUT2D eigenvalue weighted by molar-refractivity contribution is -0.118. The molecule has 16 heavy (non-hydrogen) atoms. The molecular weight excluding hydrogens is 208 g/mol. The Morgan fingerprint density at radius 3 is 2.69 bits per heavy atom. The van der Waals surface area contributed by atoms with E-state index in [0.717, 1.165) is 32.4 Å². The van der Waals surface area contributed by atoms with Gasteiger partial charge in [0.05, 0.1) is 19.3 Å². The number of nitrogens with two attached hydrogens (primary N) is 1. The normalized spacial score (nSPS) is 22.6. The summed E-state index contributed by atoms with van der Waals surface area (Å²) in [4.78, 5) is 12.8. The Hall–Kier alpha value is -0.650. The molecular formula is C11H22N2O3. The number of aliphatic hydroxyl groups excluding tert-OH is 2. The van der Waals surface area contributed by atoms with E-state index in [0.29, 0.717) is 12.3 Å². The summed E-state index contributed by atoms with van der Waals surface area (Å²) < 4.78 is 0. The topological polar surface area (TPSA) is 86.8 Å². The van der Waals surface area contributed by atoms with Crippen LogP contribution in [0.1, 0.15) is 25.7 Å². The first-order chi connectivity index (χ1) is 7.67. The van der Waals surface area contributed by atoms with Crippen molar-refractivity contribution in [1.29, 1.82) is 0 Å². The Morgan fingerprint density at radius 2 is 2.12 bits per heavy atom. The molecule has 94 valence electrons. The van der Waals surface area contributed by atoms with E-state index in [-0.39, 0.29) is 25.2 Å². The highest BCUT2D eigenvalue weighted by molar-refractivity contribution is 5.73. The number of nitrogens with zero attached hydrogens (tertiary/aromatic N) is 1. The van der Waals surface area contributed by atoms with E-state index in [2.05, 4.69) is 4.90 Å². The number of amides is 1. The summed E-state index contributed by atoms with van der Waals surface area (Å²) in [6.07, 6.45) is 3.41. The molecule has 5 heteroatoms. The molecule has 0 aliphatic carbocycles. The van der Waals surface area contributed by atoms with Crippen LogP contribution in [-0.4, -0.2) is 53.4 Å². The lowest BCUT2D eigenvalue weighted by Gasteiger charge is -2.36. The smallest absolute Gasteiger partial charge is 0.217 e. The van der Waals surface area contributed by atoms with Crippen LogP contribution in [-0.2, 0) is 4.79 Å². The fraction of sp³-hybridized carbons (Fsp3) is 0.909. The zero-order valence-corrected chi connectivity index (χ0v) is 9.64. The second kappa shape index (κ2) is 6.83. The largest absolute Gasteiger partial charge is 0.395 e. The Bertz CT molecular complexity index is 219. The Balaban J connectivity index is 2.37. The average Bonchev–Trinajstić information content (AvgIpc) is 2.29. The molecule has 0 bridgehead atoms. The fourth-order valence-electron chi connectivity index (χ4n) is 2.30. The number of aliphatic hydroxyl groups is 2. The van der Waals surface area contributed by atoms with E-state index < -0.39 is 0 Å². The van der Waals surface area contributed by atoms with Gasteiger partial charge in [-0.25, -0.2) is 0 Å². The van der Waals surface area contributed by atoms with Crippen molar-refractivity contribution >= 4 is 5.91 Å². The van der Waals surface area contributed by atoms with Gasteiger partial charge in [-0.2, -0.15) is 0 Å². The minimum atomic E-state index is -0.252. The van der Waals surface area contributed by atoms with Crippen molar-refractivity contribution in [1.82, 2.24) is 4.90 Å². The lowest BCUT2D eigenvalue weighted by atomic mass is 9.92. The zero-order chi connectivity index (χ0) is 12.0. The molecule has 1 aliphatic rings. The first-order valence-electron chi connectivity index (χ1n) is 5.91. The quantitative estimate of drug-likeness (QED) is 0.564. The van der Waals surface area contributed by atoms with E-state index in [1.54, 1.807) is 0 Å². The van der Waals surface area contributed by atoms with E-state index >= 15 is 0 Å². The third kappa shape index (κ3) is 4.08. The summed E-state index contributed by atoms with van der Waals surface area (Å²) in [6, 6.07) is -0.156. The van der Waals surface area contributed by atoms with Gasteiger partial charge in [0.1, 0.15) is 0 Å². The maximum absolute atomic E-state index is 10.7. The average molecular weight is 230 g/mol. The van der Waals surface area contributed by atoms with Gasteiger partial charge in [0.15, 0.2) is 0 Å². The molecule has 1 amide bonds. The van der Waals surface area contributed by atoms with Crippen molar-refractivity contribution in [2.45, 2.75) is 31.7 Å². The van der Waals surface area contributed by atoms with Crippen LogP contribution in [0.3, 0.4) is 0 Å². The van der Waals surface area contributed by atoms with Gasteiger partial charge >= 0.3 is 0 Å². The molecule has 1 heterocycles. The highest BCUT2D eigenvalue weighted by Crippen LogP contribution is 2.22. The van der Waals surface area contributed by atoms with Crippen LogP contribution < -0.4 is 5.73 Å².